The number of aromatic nitrogens is 4. The summed E-state index contributed by atoms with van der Waals surface area (Å²) in [7, 11) is 0. The summed E-state index contributed by atoms with van der Waals surface area (Å²) in [6.45, 7) is 10.1. The highest BCUT2D eigenvalue weighted by atomic mass is 35.5. The number of aryl methyl sites for hydroxylation is 2. The van der Waals surface area contributed by atoms with Crippen LogP contribution in [0.15, 0.2) is 30.3 Å². The van der Waals surface area contributed by atoms with Gasteiger partial charge in [0.15, 0.2) is 0 Å². The molecule has 3 aromatic rings. The molecule has 2 heterocycles. The molecule has 0 aliphatic heterocycles. The number of hydrogen-bond donors (Lipinski definition) is 1. The maximum atomic E-state index is 12.9. The van der Waals surface area contributed by atoms with E-state index in [9.17, 15) is 4.79 Å². The first kappa shape index (κ1) is 20.1. The maximum absolute atomic E-state index is 12.9. The van der Waals surface area contributed by atoms with Gasteiger partial charge in [0.1, 0.15) is 6.04 Å². The van der Waals surface area contributed by atoms with Gasteiger partial charge in [-0.05, 0) is 46.2 Å². The summed E-state index contributed by atoms with van der Waals surface area (Å²) < 4.78 is 3.63. The number of hydrogen-bond acceptors (Lipinski definition) is 3. The number of carbonyl (C=O) groups is 1. The van der Waals surface area contributed by atoms with Gasteiger partial charge in [-0.2, -0.15) is 10.2 Å². The van der Waals surface area contributed by atoms with Gasteiger partial charge in [-0.1, -0.05) is 36.7 Å². The fourth-order valence-corrected chi connectivity index (χ4v) is 3.58. The molecule has 1 atom stereocenters. The van der Waals surface area contributed by atoms with Crippen LogP contribution in [0.5, 0.6) is 0 Å². The van der Waals surface area contributed by atoms with Crippen molar-refractivity contribution in [3.63, 3.8) is 0 Å². The standard InChI is InChI=1S/C21H26ClN5O/c1-6-19(27-16(5)20(22)14(3)25-27)21(28)23-12-18-13(2)24-26(15(18)4)17-10-8-7-9-11-17/h7-11,19H,6,12H2,1-5H3,(H,23,28). The van der Waals surface area contributed by atoms with Crippen LogP contribution in [-0.2, 0) is 11.3 Å². The van der Waals surface area contributed by atoms with Crippen molar-refractivity contribution in [1.82, 2.24) is 24.9 Å². The Bertz CT molecular complexity index is 990. The maximum Gasteiger partial charge on any atom is 0.245 e. The van der Waals surface area contributed by atoms with E-state index in [-0.39, 0.29) is 5.91 Å². The molecule has 6 nitrogen and oxygen atoms in total. The minimum atomic E-state index is -0.393. The summed E-state index contributed by atoms with van der Waals surface area (Å²) >= 11 is 6.25. The molecule has 3 rings (SSSR count). The number of nitrogens with one attached hydrogen (secondary N) is 1. The predicted octanol–water partition coefficient (Wildman–Crippen LogP) is 4.22. The number of amides is 1. The van der Waals surface area contributed by atoms with Crippen LogP contribution < -0.4 is 5.32 Å². The van der Waals surface area contributed by atoms with Gasteiger partial charge >= 0.3 is 0 Å². The van der Waals surface area contributed by atoms with Gasteiger partial charge in [-0.25, -0.2) is 4.68 Å². The normalized spacial score (nSPS) is 12.2. The van der Waals surface area contributed by atoms with E-state index in [0.717, 1.165) is 34.0 Å². The Hall–Kier alpha value is -2.60. The summed E-state index contributed by atoms with van der Waals surface area (Å²) in [5.41, 5.74) is 5.50. The van der Waals surface area contributed by atoms with Crippen LogP contribution in [-0.4, -0.2) is 25.5 Å². The Morgan fingerprint density at radius 3 is 2.32 bits per heavy atom. The molecule has 0 spiro atoms. The average Bonchev–Trinajstić information content (AvgIpc) is 3.12. The van der Waals surface area contributed by atoms with Crippen molar-refractivity contribution in [2.75, 3.05) is 0 Å². The van der Waals surface area contributed by atoms with Gasteiger partial charge in [0.2, 0.25) is 5.91 Å². The van der Waals surface area contributed by atoms with E-state index in [2.05, 4.69) is 15.5 Å². The molecule has 1 aromatic carbocycles. The summed E-state index contributed by atoms with van der Waals surface area (Å²) in [6, 6.07) is 9.59. The second-order valence-corrected chi connectivity index (χ2v) is 7.35. The second-order valence-electron chi connectivity index (χ2n) is 6.97. The molecule has 2 aromatic heterocycles. The molecule has 7 heteroatoms. The molecule has 1 unspecified atom stereocenters. The van der Waals surface area contributed by atoms with Crippen molar-refractivity contribution >= 4 is 17.5 Å². The highest BCUT2D eigenvalue weighted by molar-refractivity contribution is 6.31. The zero-order valence-corrected chi connectivity index (χ0v) is 17.7. The molecule has 28 heavy (non-hydrogen) atoms. The molecule has 0 bridgehead atoms. The van der Waals surface area contributed by atoms with E-state index in [1.807, 2.05) is 69.6 Å². The van der Waals surface area contributed by atoms with Crippen LogP contribution in [0.4, 0.5) is 0 Å². The zero-order valence-electron chi connectivity index (χ0n) is 17.0. The summed E-state index contributed by atoms with van der Waals surface area (Å²) in [5.74, 6) is -0.0731. The quantitative estimate of drug-likeness (QED) is 0.674. The first-order valence-corrected chi connectivity index (χ1v) is 9.82. The van der Waals surface area contributed by atoms with Crippen LogP contribution in [0, 0.1) is 27.7 Å². The SMILES string of the molecule is CCC(C(=O)NCc1c(C)nn(-c2ccccc2)c1C)n1nc(C)c(Cl)c1C. The minimum Gasteiger partial charge on any atom is -0.350 e. The Kier molecular flexibility index (Phi) is 5.89. The number of nitrogens with zero attached hydrogens (tertiary/aromatic N) is 4. The van der Waals surface area contributed by atoms with E-state index in [4.69, 9.17) is 11.6 Å². The largest absolute Gasteiger partial charge is 0.350 e. The monoisotopic (exact) mass is 399 g/mol. The van der Waals surface area contributed by atoms with Crippen LogP contribution in [0.25, 0.3) is 5.69 Å². The fraction of sp³-hybridized carbons (Fsp3) is 0.381. The van der Waals surface area contributed by atoms with Crippen LogP contribution in [0.3, 0.4) is 0 Å². The van der Waals surface area contributed by atoms with E-state index >= 15 is 0 Å². The van der Waals surface area contributed by atoms with Crippen LogP contribution >= 0.6 is 11.6 Å². The molecule has 1 amide bonds. The van der Waals surface area contributed by atoms with E-state index < -0.39 is 6.04 Å². The Labute approximate surface area is 170 Å². The van der Waals surface area contributed by atoms with Crippen molar-refractivity contribution < 1.29 is 4.79 Å². The summed E-state index contributed by atoms with van der Waals surface area (Å²) in [4.78, 5) is 12.9. The third kappa shape index (κ3) is 3.69. The molecular formula is C21H26ClN5O. The topological polar surface area (TPSA) is 64.7 Å². The Morgan fingerprint density at radius 1 is 1.07 bits per heavy atom. The van der Waals surface area contributed by atoms with E-state index in [1.165, 1.54) is 0 Å². The number of rotatable bonds is 6. The van der Waals surface area contributed by atoms with Crippen molar-refractivity contribution in [2.45, 2.75) is 53.6 Å². The third-order valence-electron chi connectivity index (χ3n) is 5.10. The lowest BCUT2D eigenvalue weighted by atomic mass is 10.1. The van der Waals surface area contributed by atoms with Crippen molar-refractivity contribution in [3.8, 4) is 5.69 Å². The van der Waals surface area contributed by atoms with Gasteiger partial charge < -0.3 is 5.32 Å². The van der Waals surface area contributed by atoms with Crippen molar-refractivity contribution in [3.05, 3.63) is 63.7 Å². The summed E-state index contributed by atoms with van der Waals surface area (Å²) in [5, 5.41) is 12.8. The first-order valence-electron chi connectivity index (χ1n) is 9.44. The van der Waals surface area contributed by atoms with Gasteiger partial charge in [-0.15, -0.1) is 0 Å². The molecule has 1 N–H and O–H groups in total. The Balaban J connectivity index is 1.79. The second kappa shape index (κ2) is 8.19. The minimum absolute atomic E-state index is 0.0731. The Morgan fingerprint density at radius 2 is 1.75 bits per heavy atom. The zero-order chi connectivity index (χ0) is 20.4. The van der Waals surface area contributed by atoms with Gasteiger partial charge in [-0.3, -0.25) is 9.48 Å². The lowest BCUT2D eigenvalue weighted by Gasteiger charge is -2.17. The van der Waals surface area contributed by atoms with Crippen molar-refractivity contribution in [2.24, 2.45) is 0 Å². The molecule has 0 radical (unpaired) electrons. The molecule has 0 aliphatic rings. The predicted molar refractivity (Wildman–Crippen MR) is 111 cm³/mol. The highest BCUT2D eigenvalue weighted by Gasteiger charge is 2.24. The number of carbonyl (C=O) groups excluding carboxylic acids is 1. The van der Waals surface area contributed by atoms with Gasteiger partial charge in [0.05, 0.1) is 27.8 Å². The molecule has 0 saturated heterocycles. The lowest BCUT2D eigenvalue weighted by molar-refractivity contribution is -0.124. The lowest BCUT2D eigenvalue weighted by Crippen LogP contribution is -2.33. The first-order chi connectivity index (χ1) is 13.3. The van der Waals surface area contributed by atoms with Gasteiger partial charge in [0.25, 0.3) is 0 Å². The van der Waals surface area contributed by atoms with E-state index in [0.29, 0.717) is 18.0 Å². The smallest absolute Gasteiger partial charge is 0.245 e. The molecule has 0 fully saturated rings. The van der Waals surface area contributed by atoms with Crippen molar-refractivity contribution in [1.29, 1.82) is 0 Å². The van der Waals surface area contributed by atoms with E-state index in [1.54, 1.807) is 4.68 Å². The van der Waals surface area contributed by atoms with Gasteiger partial charge in [0, 0.05) is 17.8 Å². The number of halogens is 1. The van der Waals surface area contributed by atoms with Crippen LogP contribution in [0.1, 0.15) is 47.7 Å². The number of para-hydroxylation sites is 1. The molecular weight excluding hydrogens is 374 g/mol. The third-order valence-corrected chi connectivity index (χ3v) is 5.65. The molecule has 148 valence electrons. The summed E-state index contributed by atoms with van der Waals surface area (Å²) in [6.07, 6.45) is 0.630. The molecule has 0 saturated carbocycles. The fourth-order valence-electron chi connectivity index (χ4n) is 3.46. The molecule has 0 aliphatic carbocycles. The highest BCUT2D eigenvalue weighted by Crippen LogP contribution is 2.24. The average molecular weight is 400 g/mol. The number of benzene rings is 1. The van der Waals surface area contributed by atoms with Crippen LogP contribution in [0.2, 0.25) is 5.02 Å².